The number of nitrogens with one attached hydrogen (secondary N) is 1. The van der Waals surface area contributed by atoms with E-state index in [2.05, 4.69) is 20.7 Å². The van der Waals surface area contributed by atoms with Crippen molar-refractivity contribution in [1.29, 1.82) is 0 Å². The van der Waals surface area contributed by atoms with Crippen LogP contribution in [0.3, 0.4) is 0 Å². The summed E-state index contributed by atoms with van der Waals surface area (Å²) in [6, 6.07) is 12.5. The van der Waals surface area contributed by atoms with Crippen LogP contribution < -0.4 is 25.5 Å². The van der Waals surface area contributed by atoms with Crippen molar-refractivity contribution in [2.75, 3.05) is 30.9 Å². The number of nitrogens with zero attached hydrogens (tertiary/aromatic N) is 4. The molecule has 0 atom stereocenters. The number of hydrazone groups is 1. The first-order chi connectivity index (χ1) is 15.0. The number of hydrogen-bond donors (Lipinski definition) is 2. The third kappa shape index (κ3) is 4.56. The number of carbonyl (C=O) groups excluding carboxylic acids is 1. The van der Waals surface area contributed by atoms with Gasteiger partial charge in [-0.1, -0.05) is 23.9 Å². The van der Waals surface area contributed by atoms with Gasteiger partial charge in [0.25, 0.3) is 5.95 Å². The van der Waals surface area contributed by atoms with E-state index in [9.17, 15) is 4.79 Å². The number of nitrogens with two attached hydrogens (primary N) is 1. The van der Waals surface area contributed by atoms with Crippen LogP contribution in [0.25, 0.3) is 0 Å². The Balaban J connectivity index is 1.38. The summed E-state index contributed by atoms with van der Waals surface area (Å²) in [6.45, 7) is 2.05. The maximum atomic E-state index is 12.4. The highest BCUT2D eigenvalue weighted by Crippen LogP contribution is 2.32. The van der Waals surface area contributed by atoms with E-state index in [1.54, 1.807) is 31.4 Å². The van der Waals surface area contributed by atoms with Crippen molar-refractivity contribution in [2.24, 2.45) is 5.10 Å². The summed E-state index contributed by atoms with van der Waals surface area (Å²) in [6.07, 6.45) is 0. The van der Waals surface area contributed by atoms with Crippen molar-refractivity contribution in [2.45, 2.75) is 12.1 Å². The van der Waals surface area contributed by atoms with E-state index in [0.29, 0.717) is 33.7 Å². The maximum Gasteiger partial charge on any atom is 0.264 e. The van der Waals surface area contributed by atoms with E-state index in [1.165, 1.54) is 16.4 Å². The van der Waals surface area contributed by atoms with Crippen LogP contribution in [0.2, 0.25) is 0 Å². The van der Waals surface area contributed by atoms with Gasteiger partial charge in [0.1, 0.15) is 5.75 Å². The Morgan fingerprint density at radius 3 is 2.90 bits per heavy atom. The highest BCUT2D eigenvalue weighted by atomic mass is 32.2. The van der Waals surface area contributed by atoms with Crippen LogP contribution in [-0.4, -0.2) is 46.0 Å². The predicted octanol–water partition coefficient (Wildman–Crippen LogP) is 2.54. The van der Waals surface area contributed by atoms with Gasteiger partial charge in [-0.3, -0.25) is 4.79 Å². The van der Waals surface area contributed by atoms with Crippen molar-refractivity contribution in [3.8, 4) is 17.2 Å². The van der Waals surface area contributed by atoms with Gasteiger partial charge in [0.2, 0.25) is 11.9 Å². The van der Waals surface area contributed by atoms with Crippen LogP contribution in [0.4, 0.5) is 5.95 Å². The second-order valence-corrected chi connectivity index (χ2v) is 7.44. The van der Waals surface area contributed by atoms with E-state index in [0.717, 1.165) is 5.56 Å². The molecule has 10 nitrogen and oxygen atoms in total. The smallest absolute Gasteiger partial charge is 0.264 e. The monoisotopic (exact) mass is 440 g/mol. The molecule has 0 unspecified atom stereocenters. The highest BCUT2D eigenvalue weighted by Gasteiger charge is 2.15. The first-order valence-corrected chi connectivity index (χ1v) is 10.2. The number of fused-ring (bicyclic) bond motifs is 1. The Kier molecular flexibility index (Phi) is 5.94. The van der Waals surface area contributed by atoms with Gasteiger partial charge in [-0.25, -0.2) is 10.1 Å². The molecule has 3 N–H and O–H groups in total. The topological polar surface area (TPSA) is 126 Å². The molecular weight excluding hydrogens is 420 g/mol. The third-order valence-electron chi connectivity index (χ3n) is 4.50. The summed E-state index contributed by atoms with van der Waals surface area (Å²) in [5.74, 6) is 8.38. The van der Waals surface area contributed by atoms with Gasteiger partial charge in [0.05, 0.1) is 18.6 Å². The average Bonchev–Trinajstić information content (AvgIpc) is 3.41. The van der Waals surface area contributed by atoms with Gasteiger partial charge in [-0.2, -0.15) is 5.10 Å². The molecule has 160 valence electrons. The fourth-order valence-electron chi connectivity index (χ4n) is 2.78. The molecule has 1 aliphatic heterocycles. The van der Waals surface area contributed by atoms with E-state index in [1.807, 2.05) is 25.1 Å². The number of ketones is 1. The quantitative estimate of drug-likeness (QED) is 0.179. The number of benzene rings is 2. The van der Waals surface area contributed by atoms with Crippen molar-refractivity contribution in [3.63, 3.8) is 0 Å². The molecule has 0 aliphatic carbocycles. The molecule has 2 heterocycles. The van der Waals surface area contributed by atoms with Gasteiger partial charge >= 0.3 is 0 Å². The molecule has 0 radical (unpaired) electrons. The molecule has 3 aromatic rings. The number of rotatable bonds is 8. The van der Waals surface area contributed by atoms with Gasteiger partial charge in [-0.15, -0.1) is 10.2 Å². The second-order valence-electron chi connectivity index (χ2n) is 6.50. The summed E-state index contributed by atoms with van der Waals surface area (Å²) in [5.41, 5.74) is 4.91. The summed E-state index contributed by atoms with van der Waals surface area (Å²) in [5, 5.41) is 12.7. The lowest BCUT2D eigenvalue weighted by atomic mass is 10.1. The molecular formula is C20H20N6O4S. The minimum atomic E-state index is -0.0712. The van der Waals surface area contributed by atoms with Gasteiger partial charge < -0.3 is 20.1 Å². The SMILES string of the molecule is COc1cccc(C(=O)CSc2nnc(N/N=C(\C)c3ccc4c(c3)OCO4)n2N)c1. The standard InChI is InChI=1S/C20H20N6O4S/c1-12(13-6-7-17-18(9-13)30-11-29-17)22-23-19-24-25-20(26(19)21)31-10-16(27)14-4-3-5-15(8-14)28-2/h3-9H,10-11,21H2,1-2H3,(H,23,24)/b22-12+. The van der Waals surface area contributed by atoms with Crippen molar-refractivity contribution in [1.82, 2.24) is 14.9 Å². The molecule has 2 aromatic carbocycles. The number of carbonyl (C=O) groups is 1. The lowest BCUT2D eigenvalue weighted by molar-refractivity contribution is 0.102. The van der Waals surface area contributed by atoms with Crippen LogP contribution in [0, 0.1) is 0 Å². The first-order valence-electron chi connectivity index (χ1n) is 9.26. The van der Waals surface area contributed by atoms with E-state index < -0.39 is 0 Å². The number of methoxy groups -OCH3 is 1. The van der Waals surface area contributed by atoms with Crippen LogP contribution in [-0.2, 0) is 0 Å². The second kappa shape index (κ2) is 8.96. The number of nitrogen functional groups attached to an aromatic ring is 1. The molecule has 4 rings (SSSR count). The van der Waals surface area contributed by atoms with Crippen molar-refractivity contribution >= 4 is 29.2 Å². The summed E-state index contributed by atoms with van der Waals surface area (Å²) in [7, 11) is 1.56. The van der Waals surface area contributed by atoms with Crippen LogP contribution in [0.15, 0.2) is 52.7 Å². The molecule has 0 bridgehead atoms. The maximum absolute atomic E-state index is 12.4. The van der Waals surface area contributed by atoms with Gasteiger partial charge in [0, 0.05) is 11.1 Å². The zero-order chi connectivity index (χ0) is 21.8. The van der Waals surface area contributed by atoms with Crippen molar-refractivity contribution in [3.05, 3.63) is 53.6 Å². The largest absolute Gasteiger partial charge is 0.497 e. The van der Waals surface area contributed by atoms with Gasteiger partial charge in [-0.05, 0) is 37.3 Å². The van der Waals surface area contributed by atoms with Crippen LogP contribution in [0.1, 0.15) is 22.8 Å². The zero-order valence-electron chi connectivity index (χ0n) is 16.9. The van der Waals surface area contributed by atoms with Crippen LogP contribution in [0.5, 0.6) is 17.2 Å². The fraction of sp³-hybridized carbons (Fsp3) is 0.200. The Labute approximate surface area is 182 Å². The molecule has 0 amide bonds. The predicted molar refractivity (Wildman–Crippen MR) is 117 cm³/mol. The molecule has 1 aliphatic rings. The lowest BCUT2D eigenvalue weighted by Crippen LogP contribution is -2.14. The normalized spacial score (nSPS) is 12.6. The minimum Gasteiger partial charge on any atom is -0.497 e. The first kappa shape index (κ1) is 20.5. The summed E-state index contributed by atoms with van der Waals surface area (Å²) in [4.78, 5) is 12.4. The Bertz CT molecular complexity index is 1150. The number of Topliss-reactive ketones (excluding diaryl/α,β-unsaturated/α-hetero) is 1. The lowest BCUT2D eigenvalue weighted by Gasteiger charge is -2.06. The Hall–Kier alpha value is -3.73. The number of thioether (sulfide) groups is 1. The Morgan fingerprint density at radius 1 is 1.23 bits per heavy atom. The van der Waals surface area contributed by atoms with Gasteiger partial charge in [0.15, 0.2) is 17.3 Å². The number of aromatic nitrogens is 3. The summed E-state index contributed by atoms with van der Waals surface area (Å²) >= 11 is 1.18. The summed E-state index contributed by atoms with van der Waals surface area (Å²) < 4.78 is 17.1. The number of ether oxygens (including phenoxy) is 3. The fourth-order valence-corrected chi connectivity index (χ4v) is 3.53. The number of hydrogen-bond acceptors (Lipinski definition) is 10. The number of anilines is 1. The molecule has 11 heteroatoms. The molecule has 0 saturated carbocycles. The van der Waals surface area contributed by atoms with Crippen molar-refractivity contribution < 1.29 is 19.0 Å². The molecule has 31 heavy (non-hydrogen) atoms. The average molecular weight is 440 g/mol. The van der Waals surface area contributed by atoms with Crippen LogP contribution >= 0.6 is 11.8 Å². The van der Waals surface area contributed by atoms with E-state index >= 15 is 0 Å². The minimum absolute atomic E-state index is 0.0712. The molecule has 0 spiro atoms. The third-order valence-corrected chi connectivity index (χ3v) is 5.45. The van der Waals surface area contributed by atoms with E-state index in [4.69, 9.17) is 20.1 Å². The molecule has 1 aromatic heterocycles. The van der Waals surface area contributed by atoms with E-state index in [-0.39, 0.29) is 24.3 Å². The zero-order valence-corrected chi connectivity index (χ0v) is 17.7. The highest BCUT2D eigenvalue weighted by molar-refractivity contribution is 7.99. The molecule has 0 saturated heterocycles. The molecule has 0 fully saturated rings. The Morgan fingerprint density at radius 2 is 2.06 bits per heavy atom.